The van der Waals surface area contributed by atoms with Gasteiger partial charge in [0, 0.05) is 37.6 Å². The molecule has 4 heterocycles. The van der Waals surface area contributed by atoms with Crippen LogP contribution in [0.1, 0.15) is 45.4 Å². The van der Waals surface area contributed by atoms with Gasteiger partial charge in [-0.25, -0.2) is 15.0 Å². The van der Waals surface area contributed by atoms with E-state index in [1.54, 1.807) is 0 Å². The van der Waals surface area contributed by atoms with E-state index in [0.717, 1.165) is 49.2 Å². The number of nitrogens with zero attached hydrogens (tertiary/aromatic N) is 6. The Kier molecular flexibility index (Phi) is 6.02. The number of imidazole rings is 1. The van der Waals surface area contributed by atoms with Crippen LogP contribution < -0.4 is 4.90 Å². The van der Waals surface area contributed by atoms with Gasteiger partial charge < -0.3 is 14.4 Å². The topological polar surface area (TPSA) is 50.1 Å². The third-order valence-corrected chi connectivity index (χ3v) is 6.03. The van der Waals surface area contributed by atoms with Crippen LogP contribution in [-0.4, -0.2) is 57.1 Å². The van der Waals surface area contributed by atoms with Crippen molar-refractivity contribution < 1.29 is 0 Å². The molecule has 4 rings (SSSR count). The predicted octanol–water partition coefficient (Wildman–Crippen LogP) is 3.45. The second-order valence-electron chi connectivity index (χ2n) is 8.17. The monoisotopic (exact) mass is 368 g/mol. The lowest BCUT2D eigenvalue weighted by atomic mass is 10.00. The first-order valence-corrected chi connectivity index (χ1v) is 10.6. The van der Waals surface area contributed by atoms with Gasteiger partial charge in [0.05, 0.1) is 18.2 Å². The number of aryl methyl sites for hydroxylation is 1. The number of rotatable bonds is 6. The number of piperidine rings is 2. The Bertz CT molecular complexity index is 696. The Morgan fingerprint density at radius 3 is 2.41 bits per heavy atom. The van der Waals surface area contributed by atoms with Crippen LogP contribution in [0.2, 0.25) is 0 Å². The average molecular weight is 369 g/mol. The third-order valence-electron chi connectivity index (χ3n) is 6.03. The highest BCUT2D eigenvalue weighted by Gasteiger charge is 2.18. The molecule has 2 fully saturated rings. The molecule has 0 aromatic carbocycles. The fourth-order valence-electron chi connectivity index (χ4n) is 4.21. The van der Waals surface area contributed by atoms with Crippen LogP contribution in [0.15, 0.2) is 24.9 Å². The zero-order valence-electron chi connectivity index (χ0n) is 16.6. The third kappa shape index (κ3) is 4.67. The molecule has 2 saturated heterocycles. The zero-order valence-corrected chi connectivity index (χ0v) is 16.6. The molecule has 2 aliphatic rings. The highest BCUT2D eigenvalue weighted by molar-refractivity contribution is 5.57. The fraction of sp³-hybridized carbons (Fsp3) is 0.667. The van der Waals surface area contributed by atoms with Crippen LogP contribution in [0, 0.1) is 5.92 Å². The van der Waals surface area contributed by atoms with E-state index in [4.69, 9.17) is 0 Å². The molecule has 2 aromatic rings. The summed E-state index contributed by atoms with van der Waals surface area (Å²) in [5.74, 6) is 1.68. The summed E-state index contributed by atoms with van der Waals surface area (Å²) in [6, 6.07) is 0. The molecule has 0 bridgehead atoms. The molecule has 6 nitrogen and oxygen atoms in total. The van der Waals surface area contributed by atoms with E-state index in [1.165, 1.54) is 51.7 Å². The largest absolute Gasteiger partial charge is 0.341 e. The van der Waals surface area contributed by atoms with Gasteiger partial charge in [0.25, 0.3) is 0 Å². The Morgan fingerprint density at radius 1 is 0.926 bits per heavy atom. The Balaban J connectivity index is 1.35. The highest BCUT2D eigenvalue weighted by Crippen LogP contribution is 2.22. The molecule has 27 heavy (non-hydrogen) atoms. The summed E-state index contributed by atoms with van der Waals surface area (Å²) in [4.78, 5) is 18.6. The van der Waals surface area contributed by atoms with Gasteiger partial charge in [-0.3, -0.25) is 0 Å². The van der Waals surface area contributed by atoms with E-state index in [0.29, 0.717) is 0 Å². The Morgan fingerprint density at radius 2 is 1.67 bits per heavy atom. The quantitative estimate of drug-likeness (QED) is 0.782. The van der Waals surface area contributed by atoms with Crippen molar-refractivity contribution in [1.82, 2.24) is 24.4 Å². The van der Waals surface area contributed by atoms with E-state index < -0.39 is 0 Å². The van der Waals surface area contributed by atoms with E-state index >= 15 is 0 Å². The molecule has 146 valence electrons. The van der Waals surface area contributed by atoms with Crippen LogP contribution in [0.4, 0.5) is 5.95 Å². The summed E-state index contributed by atoms with van der Waals surface area (Å²) >= 11 is 0. The van der Waals surface area contributed by atoms with E-state index in [1.807, 2.05) is 24.9 Å². The number of hydrogen-bond acceptors (Lipinski definition) is 5. The van der Waals surface area contributed by atoms with Gasteiger partial charge >= 0.3 is 0 Å². The SMILES string of the molecule is CC1CCN(c2ncc(-c3cncn3CCCN3CCCCC3)cn2)CC1. The molecular weight excluding hydrogens is 336 g/mol. The standard InChI is InChI=1S/C21H32N6/c1-18-6-12-26(13-7-18)21-23-14-19(15-24-21)20-16-22-17-27(20)11-5-10-25-8-3-2-4-9-25/h14-18H,2-13H2,1H3. The molecule has 0 spiro atoms. The van der Waals surface area contributed by atoms with Crippen molar-refractivity contribution in [3.05, 3.63) is 24.9 Å². The van der Waals surface area contributed by atoms with Crippen molar-refractivity contribution in [1.29, 1.82) is 0 Å². The fourth-order valence-corrected chi connectivity index (χ4v) is 4.21. The second kappa shape index (κ2) is 8.83. The van der Waals surface area contributed by atoms with Crippen LogP contribution in [0.25, 0.3) is 11.3 Å². The van der Waals surface area contributed by atoms with Gasteiger partial charge in [-0.05, 0) is 57.7 Å². The molecule has 0 atom stereocenters. The second-order valence-corrected chi connectivity index (χ2v) is 8.17. The summed E-state index contributed by atoms with van der Waals surface area (Å²) in [7, 11) is 0. The summed E-state index contributed by atoms with van der Waals surface area (Å²) in [5.41, 5.74) is 2.17. The van der Waals surface area contributed by atoms with Crippen molar-refractivity contribution in [3.8, 4) is 11.3 Å². The van der Waals surface area contributed by atoms with Crippen molar-refractivity contribution in [2.75, 3.05) is 37.6 Å². The van der Waals surface area contributed by atoms with E-state index in [2.05, 4.69) is 36.2 Å². The molecule has 0 radical (unpaired) electrons. The first-order chi connectivity index (χ1) is 13.3. The molecular formula is C21H32N6. The minimum Gasteiger partial charge on any atom is -0.341 e. The lowest BCUT2D eigenvalue weighted by Crippen LogP contribution is -2.34. The lowest BCUT2D eigenvalue weighted by molar-refractivity contribution is 0.223. The maximum atomic E-state index is 4.64. The molecule has 6 heteroatoms. The first-order valence-electron chi connectivity index (χ1n) is 10.6. The van der Waals surface area contributed by atoms with Gasteiger partial charge in [0.15, 0.2) is 0 Å². The van der Waals surface area contributed by atoms with Crippen LogP contribution >= 0.6 is 0 Å². The minimum absolute atomic E-state index is 0.819. The molecule has 0 N–H and O–H groups in total. The maximum absolute atomic E-state index is 4.64. The molecule has 2 aliphatic heterocycles. The van der Waals surface area contributed by atoms with Crippen LogP contribution in [0.3, 0.4) is 0 Å². The summed E-state index contributed by atoms with van der Waals surface area (Å²) in [5, 5.41) is 0. The van der Waals surface area contributed by atoms with Crippen LogP contribution in [0.5, 0.6) is 0 Å². The van der Waals surface area contributed by atoms with E-state index in [9.17, 15) is 0 Å². The summed E-state index contributed by atoms with van der Waals surface area (Å²) < 4.78 is 2.24. The van der Waals surface area contributed by atoms with Gasteiger partial charge in [0.2, 0.25) is 5.95 Å². The maximum Gasteiger partial charge on any atom is 0.225 e. The van der Waals surface area contributed by atoms with Crippen molar-refractivity contribution in [2.45, 2.75) is 52.0 Å². The van der Waals surface area contributed by atoms with Crippen molar-refractivity contribution >= 4 is 5.95 Å². The lowest BCUT2D eigenvalue weighted by Gasteiger charge is -2.30. The van der Waals surface area contributed by atoms with Crippen molar-refractivity contribution in [3.63, 3.8) is 0 Å². The number of anilines is 1. The van der Waals surface area contributed by atoms with Gasteiger partial charge in [-0.15, -0.1) is 0 Å². The molecule has 0 amide bonds. The molecule has 0 unspecified atom stereocenters. The smallest absolute Gasteiger partial charge is 0.225 e. The highest BCUT2D eigenvalue weighted by atomic mass is 15.2. The Hall–Kier alpha value is -1.95. The normalized spacial score (nSPS) is 19.5. The minimum atomic E-state index is 0.819. The predicted molar refractivity (Wildman–Crippen MR) is 109 cm³/mol. The van der Waals surface area contributed by atoms with Gasteiger partial charge in [0.1, 0.15) is 0 Å². The number of aromatic nitrogens is 4. The average Bonchev–Trinajstić information content (AvgIpc) is 3.18. The van der Waals surface area contributed by atoms with Gasteiger partial charge in [-0.1, -0.05) is 13.3 Å². The molecule has 0 aliphatic carbocycles. The van der Waals surface area contributed by atoms with Crippen molar-refractivity contribution in [2.24, 2.45) is 5.92 Å². The van der Waals surface area contributed by atoms with Crippen LogP contribution in [-0.2, 0) is 6.54 Å². The van der Waals surface area contributed by atoms with Gasteiger partial charge in [-0.2, -0.15) is 0 Å². The number of likely N-dealkylation sites (tertiary alicyclic amines) is 1. The first kappa shape index (κ1) is 18.4. The number of hydrogen-bond donors (Lipinski definition) is 0. The summed E-state index contributed by atoms with van der Waals surface area (Å²) in [6.45, 7) is 9.17. The molecule has 0 saturated carbocycles. The van der Waals surface area contributed by atoms with E-state index in [-0.39, 0.29) is 0 Å². The molecule has 2 aromatic heterocycles. The summed E-state index contributed by atoms with van der Waals surface area (Å²) in [6.07, 6.45) is 15.5. The Labute approximate surface area is 162 Å². The zero-order chi connectivity index (χ0) is 18.5.